The fourth-order valence-corrected chi connectivity index (χ4v) is 2.22. The van der Waals surface area contributed by atoms with Crippen molar-refractivity contribution in [2.75, 3.05) is 11.9 Å². The lowest BCUT2D eigenvalue weighted by Crippen LogP contribution is -2.15. The van der Waals surface area contributed by atoms with Gasteiger partial charge in [0.2, 0.25) is 0 Å². The Hall–Kier alpha value is -1.22. The van der Waals surface area contributed by atoms with Gasteiger partial charge in [0.1, 0.15) is 0 Å². The van der Waals surface area contributed by atoms with Gasteiger partial charge in [-0.25, -0.2) is 0 Å². The highest BCUT2D eigenvalue weighted by Gasteiger charge is 2.13. The molecule has 0 aliphatic carbocycles. The van der Waals surface area contributed by atoms with Crippen LogP contribution in [0.4, 0.5) is 5.69 Å². The van der Waals surface area contributed by atoms with E-state index in [1.807, 2.05) is 30.3 Å². The van der Waals surface area contributed by atoms with E-state index in [9.17, 15) is 5.11 Å². The van der Waals surface area contributed by atoms with Gasteiger partial charge in [0.05, 0.1) is 12.6 Å². The molecule has 18 heavy (non-hydrogen) atoms. The summed E-state index contributed by atoms with van der Waals surface area (Å²) in [5.74, 6) is 0. The minimum Gasteiger partial charge on any atom is -0.394 e. The van der Waals surface area contributed by atoms with Crippen molar-refractivity contribution >= 4 is 28.9 Å². The monoisotopic (exact) mass is 281 g/mol. The lowest BCUT2D eigenvalue weighted by atomic mass is 10.1. The lowest BCUT2D eigenvalue weighted by molar-refractivity contribution is 0.276. The van der Waals surface area contributed by atoms with Crippen LogP contribution in [0.3, 0.4) is 0 Å². The molecular weight excluding hydrogens is 269 g/mol. The number of anilines is 1. The van der Waals surface area contributed by atoms with E-state index in [0.717, 1.165) is 11.3 Å². The Bertz CT molecular complexity index is 531. The summed E-state index contributed by atoms with van der Waals surface area (Å²) in [5, 5.41) is 14.0. The van der Waals surface area contributed by atoms with E-state index in [4.69, 9.17) is 23.2 Å². The number of benzene rings is 2. The van der Waals surface area contributed by atoms with E-state index in [2.05, 4.69) is 5.32 Å². The van der Waals surface area contributed by atoms with Crippen LogP contribution in [0.15, 0.2) is 48.5 Å². The Labute approximate surface area is 116 Å². The molecule has 2 rings (SSSR count). The van der Waals surface area contributed by atoms with Gasteiger partial charge in [0, 0.05) is 15.7 Å². The first-order chi connectivity index (χ1) is 8.70. The second-order valence-corrected chi connectivity index (χ2v) is 4.75. The minimum absolute atomic E-state index is 0.0454. The Morgan fingerprint density at radius 3 is 2.50 bits per heavy atom. The topological polar surface area (TPSA) is 32.3 Å². The second kappa shape index (κ2) is 6.10. The molecule has 2 nitrogen and oxygen atoms in total. The third-order valence-corrected chi connectivity index (χ3v) is 3.21. The van der Waals surface area contributed by atoms with Crippen LogP contribution >= 0.6 is 23.2 Å². The van der Waals surface area contributed by atoms with E-state index in [1.165, 1.54) is 0 Å². The van der Waals surface area contributed by atoms with Gasteiger partial charge in [-0.15, -0.1) is 0 Å². The van der Waals surface area contributed by atoms with Crippen LogP contribution < -0.4 is 5.32 Å². The normalized spacial score (nSPS) is 12.2. The SMILES string of the molecule is OCC(Nc1cccc(Cl)c1)c1ccccc1Cl. The van der Waals surface area contributed by atoms with Crippen LogP contribution in [0.2, 0.25) is 10.0 Å². The van der Waals surface area contributed by atoms with Gasteiger partial charge < -0.3 is 10.4 Å². The van der Waals surface area contributed by atoms with Gasteiger partial charge in [-0.2, -0.15) is 0 Å². The number of aliphatic hydroxyl groups is 1. The molecule has 0 fully saturated rings. The maximum atomic E-state index is 9.48. The molecular formula is C14H13Cl2NO. The molecule has 0 spiro atoms. The first-order valence-corrected chi connectivity index (χ1v) is 6.33. The Morgan fingerprint density at radius 1 is 1.06 bits per heavy atom. The predicted octanol–water partition coefficient (Wildman–Crippen LogP) is 4.14. The molecule has 0 saturated carbocycles. The number of halogens is 2. The number of aliphatic hydroxyl groups excluding tert-OH is 1. The quantitative estimate of drug-likeness (QED) is 0.883. The molecule has 0 aromatic heterocycles. The summed E-state index contributed by atoms with van der Waals surface area (Å²) in [6.07, 6.45) is 0. The summed E-state index contributed by atoms with van der Waals surface area (Å²) in [6, 6.07) is 14.6. The molecule has 4 heteroatoms. The molecule has 1 atom stereocenters. The summed E-state index contributed by atoms with van der Waals surface area (Å²) < 4.78 is 0. The van der Waals surface area contributed by atoms with Gasteiger partial charge in [0.25, 0.3) is 0 Å². The number of nitrogens with one attached hydrogen (secondary N) is 1. The van der Waals surface area contributed by atoms with Crippen LogP contribution in [-0.2, 0) is 0 Å². The van der Waals surface area contributed by atoms with Gasteiger partial charge in [-0.1, -0.05) is 47.5 Å². The maximum absolute atomic E-state index is 9.48. The highest BCUT2D eigenvalue weighted by Crippen LogP contribution is 2.26. The van der Waals surface area contributed by atoms with Crippen LogP contribution in [-0.4, -0.2) is 11.7 Å². The van der Waals surface area contributed by atoms with E-state index >= 15 is 0 Å². The molecule has 1 unspecified atom stereocenters. The zero-order chi connectivity index (χ0) is 13.0. The van der Waals surface area contributed by atoms with Crippen molar-refractivity contribution in [2.24, 2.45) is 0 Å². The maximum Gasteiger partial charge on any atom is 0.0759 e. The van der Waals surface area contributed by atoms with E-state index in [0.29, 0.717) is 10.0 Å². The van der Waals surface area contributed by atoms with Crippen LogP contribution in [0.25, 0.3) is 0 Å². The van der Waals surface area contributed by atoms with Crippen LogP contribution in [0, 0.1) is 0 Å². The van der Waals surface area contributed by atoms with E-state index < -0.39 is 0 Å². The first-order valence-electron chi connectivity index (χ1n) is 5.58. The van der Waals surface area contributed by atoms with Crippen molar-refractivity contribution in [3.8, 4) is 0 Å². The largest absolute Gasteiger partial charge is 0.394 e. The Morgan fingerprint density at radius 2 is 1.83 bits per heavy atom. The van der Waals surface area contributed by atoms with Crippen molar-refractivity contribution in [1.82, 2.24) is 0 Å². The van der Waals surface area contributed by atoms with E-state index in [-0.39, 0.29) is 12.6 Å². The molecule has 2 aromatic carbocycles. The molecule has 0 saturated heterocycles. The van der Waals surface area contributed by atoms with Crippen molar-refractivity contribution in [2.45, 2.75) is 6.04 Å². The summed E-state index contributed by atoms with van der Waals surface area (Å²) in [6.45, 7) is -0.0454. The molecule has 2 aromatic rings. The number of hydrogen-bond acceptors (Lipinski definition) is 2. The predicted molar refractivity (Wildman–Crippen MR) is 76.4 cm³/mol. The Balaban J connectivity index is 2.23. The average Bonchev–Trinajstić information content (AvgIpc) is 2.37. The van der Waals surface area contributed by atoms with Gasteiger partial charge in [0.15, 0.2) is 0 Å². The molecule has 0 radical (unpaired) electrons. The number of rotatable bonds is 4. The van der Waals surface area contributed by atoms with Crippen molar-refractivity contribution in [1.29, 1.82) is 0 Å². The Kier molecular flexibility index (Phi) is 4.48. The fourth-order valence-electron chi connectivity index (χ4n) is 1.76. The highest BCUT2D eigenvalue weighted by atomic mass is 35.5. The fraction of sp³-hybridized carbons (Fsp3) is 0.143. The zero-order valence-corrected chi connectivity index (χ0v) is 11.1. The summed E-state index contributed by atoms with van der Waals surface area (Å²) in [7, 11) is 0. The van der Waals surface area contributed by atoms with Gasteiger partial charge >= 0.3 is 0 Å². The molecule has 0 aliphatic rings. The van der Waals surface area contributed by atoms with Gasteiger partial charge in [-0.3, -0.25) is 0 Å². The smallest absolute Gasteiger partial charge is 0.0759 e. The molecule has 0 amide bonds. The van der Waals surface area contributed by atoms with Crippen molar-refractivity contribution in [3.63, 3.8) is 0 Å². The number of hydrogen-bond donors (Lipinski definition) is 2. The van der Waals surface area contributed by atoms with Crippen molar-refractivity contribution in [3.05, 3.63) is 64.1 Å². The average molecular weight is 282 g/mol. The van der Waals surface area contributed by atoms with Gasteiger partial charge in [-0.05, 0) is 29.8 Å². The van der Waals surface area contributed by atoms with Crippen LogP contribution in [0.1, 0.15) is 11.6 Å². The minimum atomic E-state index is -0.253. The third-order valence-electron chi connectivity index (χ3n) is 2.63. The third kappa shape index (κ3) is 3.16. The highest BCUT2D eigenvalue weighted by molar-refractivity contribution is 6.31. The lowest BCUT2D eigenvalue weighted by Gasteiger charge is -2.19. The molecule has 2 N–H and O–H groups in total. The first kappa shape index (κ1) is 13.2. The van der Waals surface area contributed by atoms with E-state index in [1.54, 1.807) is 18.2 Å². The molecule has 0 aliphatic heterocycles. The molecule has 0 heterocycles. The summed E-state index contributed by atoms with van der Waals surface area (Å²) in [5.41, 5.74) is 1.71. The zero-order valence-electron chi connectivity index (χ0n) is 9.61. The second-order valence-electron chi connectivity index (χ2n) is 3.91. The van der Waals surface area contributed by atoms with Crippen LogP contribution in [0.5, 0.6) is 0 Å². The van der Waals surface area contributed by atoms with Crippen molar-refractivity contribution < 1.29 is 5.11 Å². The summed E-state index contributed by atoms with van der Waals surface area (Å²) >= 11 is 12.0. The molecule has 94 valence electrons. The standard InChI is InChI=1S/C14H13Cl2NO/c15-10-4-3-5-11(8-10)17-14(9-18)12-6-1-2-7-13(12)16/h1-8,14,17-18H,9H2. The molecule has 0 bridgehead atoms. The summed E-state index contributed by atoms with van der Waals surface area (Å²) in [4.78, 5) is 0.